The van der Waals surface area contributed by atoms with Gasteiger partial charge in [0.1, 0.15) is 9.77 Å². The van der Waals surface area contributed by atoms with E-state index in [0.717, 1.165) is 21.7 Å². The van der Waals surface area contributed by atoms with E-state index in [4.69, 9.17) is 5.11 Å². The quantitative estimate of drug-likeness (QED) is 0.841. The Balaban J connectivity index is 2.34. The second-order valence-corrected chi connectivity index (χ2v) is 8.60. The van der Waals surface area contributed by atoms with Gasteiger partial charge < -0.3 is 10.2 Å². The van der Waals surface area contributed by atoms with Crippen LogP contribution >= 0.6 is 27.3 Å². The minimum absolute atomic E-state index is 0.0139. The minimum atomic E-state index is -3.74. The molecule has 0 atom stereocenters. The normalized spacial score (nSPS) is 19.5. The van der Waals surface area contributed by atoms with Crippen LogP contribution in [0.1, 0.15) is 16.6 Å². The van der Waals surface area contributed by atoms with Crippen molar-refractivity contribution in [1.82, 2.24) is 4.31 Å². The average molecular weight is 356 g/mol. The highest BCUT2D eigenvalue weighted by molar-refractivity contribution is 9.11. The average Bonchev–Trinajstić information content (AvgIpc) is 2.57. The van der Waals surface area contributed by atoms with Gasteiger partial charge in [0.2, 0.25) is 10.0 Å². The van der Waals surface area contributed by atoms with Gasteiger partial charge in [-0.15, -0.1) is 11.3 Å². The van der Waals surface area contributed by atoms with Crippen LogP contribution in [0.2, 0.25) is 0 Å². The molecule has 1 aromatic rings. The lowest BCUT2D eigenvalue weighted by atomic mass is 10.0. The molecule has 100 valence electrons. The summed E-state index contributed by atoms with van der Waals surface area (Å²) in [4.78, 5) is 10.7. The van der Waals surface area contributed by atoms with Crippen LogP contribution in [0.15, 0.2) is 14.7 Å². The van der Waals surface area contributed by atoms with E-state index in [1.54, 1.807) is 6.92 Å². The fraction of sp³-hybridized carbons (Fsp3) is 0.444. The summed E-state index contributed by atoms with van der Waals surface area (Å²) < 4.78 is 25.7. The lowest BCUT2D eigenvalue weighted by molar-refractivity contribution is -0.0426. The molecule has 0 bridgehead atoms. The Morgan fingerprint density at radius 2 is 2.11 bits per heavy atom. The van der Waals surface area contributed by atoms with Gasteiger partial charge in [0.25, 0.3) is 0 Å². The van der Waals surface area contributed by atoms with Gasteiger partial charge in [0, 0.05) is 13.1 Å². The predicted octanol–water partition coefficient (Wildman–Crippen LogP) is 0.964. The van der Waals surface area contributed by atoms with Crippen molar-refractivity contribution in [3.63, 3.8) is 0 Å². The SMILES string of the molecule is CC1(O)CN(S(=O)(=O)c2cc(C(=O)O)sc2Br)C1. The standard InChI is InChI=1S/C9H10BrNO5S2/c1-9(14)3-11(4-9)18(15,16)6-2-5(8(12)13)17-7(6)10/h2,14H,3-4H2,1H3,(H,12,13). The van der Waals surface area contributed by atoms with Crippen molar-refractivity contribution in [2.45, 2.75) is 17.4 Å². The van der Waals surface area contributed by atoms with Crippen molar-refractivity contribution in [3.05, 3.63) is 14.7 Å². The summed E-state index contributed by atoms with van der Waals surface area (Å²) in [6.07, 6.45) is 0. The zero-order valence-corrected chi connectivity index (χ0v) is 12.5. The number of halogens is 1. The molecule has 0 radical (unpaired) electrons. The first-order chi connectivity index (χ1) is 8.13. The van der Waals surface area contributed by atoms with Gasteiger partial charge in [0.15, 0.2) is 0 Å². The predicted molar refractivity (Wildman–Crippen MR) is 68.4 cm³/mol. The summed E-state index contributed by atoms with van der Waals surface area (Å²) in [7, 11) is -3.74. The number of rotatable bonds is 3. The van der Waals surface area contributed by atoms with Crippen LogP contribution in [0, 0.1) is 0 Å². The maximum atomic E-state index is 12.2. The summed E-state index contributed by atoms with van der Waals surface area (Å²) in [6, 6.07) is 1.12. The Bertz CT molecular complexity index is 598. The number of sulfonamides is 1. The molecule has 2 rings (SSSR count). The molecule has 2 N–H and O–H groups in total. The molecule has 1 aromatic heterocycles. The van der Waals surface area contributed by atoms with Crippen molar-refractivity contribution in [1.29, 1.82) is 0 Å². The van der Waals surface area contributed by atoms with Crippen LogP contribution in [0.4, 0.5) is 0 Å². The third-order valence-corrected chi connectivity index (χ3v) is 6.55. The molecule has 1 aliphatic heterocycles. The topological polar surface area (TPSA) is 94.9 Å². The first-order valence-electron chi connectivity index (χ1n) is 4.89. The van der Waals surface area contributed by atoms with E-state index >= 15 is 0 Å². The molecule has 18 heavy (non-hydrogen) atoms. The minimum Gasteiger partial charge on any atom is -0.477 e. The molecular formula is C9H10BrNO5S2. The monoisotopic (exact) mass is 355 g/mol. The number of carboxylic acids is 1. The molecule has 1 fully saturated rings. The zero-order chi connectivity index (χ0) is 13.7. The van der Waals surface area contributed by atoms with E-state index in [1.807, 2.05) is 0 Å². The number of β-amino-alcohol motifs (C(OH)–C–C–N with tert-alkyl or cyclic N) is 1. The summed E-state index contributed by atoms with van der Waals surface area (Å²) >= 11 is 3.91. The third kappa shape index (κ3) is 2.32. The Morgan fingerprint density at radius 3 is 2.50 bits per heavy atom. The number of thiophene rings is 1. The van der Waals surface area contributed by atoms with Gasteiger partial charge in [-0.3, -0.25) is 0 Å². The van der Waals surface area contributed by atoms with Crippen LogP contribution < -0.4 is 0 Å². The van der Waals surface area contributed by atoms with Crippen LogP contribution in [0.3, 0.4) is 0 Å². The number of aliphatic hydroxyl groups is 1. The molecule has 0 aromatic carbocycles. The van der Waals surface area contributed by atoms with Crippen LogP contribution in [0.25, 0.3) is 0 Å². The van der Waals surface area contributed by atoms with Crippen LogP contribution in [0.5, 0.6) is 0 Å². The molecule has 0 unspecified atom stereocenters. The molecule has 0 spiro atoms. The Kier molecular flexibility index (Phi) is 3.31. The number of aromatic carboxylic acids is 1. The first kappa shape index (κ1) is 13.9. The largest absolute Gasteiger partial charge is 0.477 e. The fourth-order valence-corrected chi connectivity index (χ4v) is 5.68. The van der Waals surface area contributed by atoms with E-state index < -0.39 is 21.6 Å². The maximum absolute atomic E-state index is 12.2. The van der Waals surface area contributed by atoms with Gasteiger partial charge in [-0.2, -0.15) is 4.31 Å². The van der Waals surface area contributed by atoms with Gasteiger partial charge >= 0.3 is 5.97 Å². The highest BCUT2D eigenvalue weighted by Gasteiger charge is 2.44. The molecule has 0 aliphatic carbocycles. The van der Waals surface area contributed by atoms with Crippen molar-refractivity contribution >= 4 is 43.3 Å². The molecule has 0 amide bonds. The van der Waals surface area contributed by atoms with Crippen molar-refractivity contribution in [2.24, 2.45) is 0 Å². The molecule has 1 saturated heterocycles. The van der Waals surface area contributed by atoms with Gasteiger partial charge in [-0.1, -0.05) is 0 Å². The third-order valence-electron chi connectivity index (χ3n) is 2.52. The summed E-state index contributed by atoms with van der Waals surface area (Å²) in [5, 5.41) is 18.4. The lowest BCUT2D eigenvalue weighted by Gasteiger charge is -2.42. The molecular weight excluding hydrogens is 346 g/mol. The van der Waals surface area contributed by atoms with E-state index in [9.17, 15) is 18.3 Å². The van der Waals surface area contributed by atoms with Crippen LogP contribution in [-0.2, 0) is 10.0 Å². The second kappa shape index (κ2) is 4.27. The smallest absolute Gasteiger partial charge is 0.345 e. The van der Waals surface area contributed by atoms with Gasteiger partial charge in [-0.25, -0.2) is 13.2 Å². The highest BCUT2D eigenvalue weighted by Crippen LogP contribution is 2.36. The summed E-state index contributed by atoms with van der Waals surface area (Å²) in [5.74, 6) is -1.17. The fourth-order valence-electron chi connectivity index (χ4n) is 1.66. The van der Waals surface area contributed by atoms with Gasteiger partial charge in [-0.05, 0) is 28.9 Å². The van der Waals surface area contributed by atoms with Crippen LogP contribution in [-0.4, -0.2) is 47.6 Å². The van der Waals surface area contributed by atoms with E-state index in [-0.39, 0.29) is 26.6 Å². The number of carboxylic acid groups (broad SMARTS) is 1. The van der Waals surface area contributed by atoms with E-state index in [2.05, 4.69) is 15.9 Å². The lowest BCUT2D eigenvalue weighted by Crippen LogP contribution is -2.61. The number of nitrogens with zero attached hydrogens (tertiary/aromatic N) is 1. The molecule has 2 heterocycles. The Hall–Kier alpha value is -0.480. The number of hydrogen-bond acceptors (Lipinski definition) is 5. The number of hydrogen-bond donors (Lipinski definition) is 2. The van der Waals surface area contributed by atoms with Gasteiger partial charge in [0.05, 0.1) is 9.39 Å². The maximum Gasteiger partial charge on any atom is 0.345 e. The first-order valence-corrected chi connectivity index (χ1v) is 7.94. The summed E-state index contributed by atoms with van der Waals surface area (Å²) in [5.41, 5.74) is -1.01. The number of carbonyl (C=O) groups is 1. The Labute approximate surface area is 116 Å². The molecule has 9 heteroatoms. The molecule has 0 saturated carbocycles. The zero-order valence-electron chi connectivity index (χ0n) is 9.25. The van der Waals surface area contributed by atoms with Crippen molar-refractivity contribution in [2.75, 3.05) is 13.1 Å². The van der Waals surface area contributed by atoms with E-state index in [1.165, 1.54) is 0 Å². The summed E-state index contributed by atoms with van der Waals surface area (Å²) in [6.45, 7) is 1.57. The van der Waals surface area contributed by atoms with Crippen molar-refractivity contribution in [3.8, 4) is 0 Å². The Morgan fingerprint density at radius 1 is 1.56 bits per heavy atom. The molecule has 1 aliphatic rings. The highest BCUT2D eigenvalue weighted by atomic mass is 79.9. The van der Waals surface area contributed by atoms with E-state index in [0.29, 0.717) is 0 Å². The van der Waals surface area contributed by atoms with Crippen molar-refractivity contribution < 1.29 is 23.4 Å². The second-order valence-electron chi connectivity index (χ2n) is 4.32. The molecule has 6 nitrogen and oxygen atoms in total.